The quantitative estimate of drug-likeness (QED) is 0.773. The molecule has 1 fully saturated rings. The highest BCUT2D eigenvalue weighted by molar-refractivity contribution is 5.46. The standard InChI is InChI=1S/C11H17N3O2/c1-13-11(10-7-15-4-5-16-10)8-6-14-3-2-9(8)12/h2-3,6,10-11,13H,4-5,7H2,1H3,(H2,12,14). The lowest BCUT2D eigenvalue weighted by Crippen LogP contribution is -2.39. The van der Waals surface area contributed by atoms with Crippen LogP contribution in [-0.4, -0.2) is 38.0 Å². The van der Waals surface area contributed by atoms with Gasteiger partial charge in [-0.2, -0.15) is 0 Å². The average Bonchev–Trinajstić information content (AvgIpc) is 2.34. The van der Waals surface area contributed by atoms with Crippen LogP contribution in [0.4, 0.5) is 5.69 Å². The molecule has 16 heavy (non-hydrogen) atoms. The summed E-state index contributed by atoms with van der Waals surface area (Å²) in [7, 11) is 1.88. The van der Waals surface area contributed by atoms with E-state index in [0.717, 1.165) is 11.3 Å². The molecule has 2 unspecified atom stereocenters. The van der Waals surface area contributed by atoms with E-state index < -0.39 is 0 Å². The fourth-order valence-electron chi connectivity index (χ4n) is 1.92. The van der Waals surface area contributed by atoms with Crippen LogP contribution in [0.5, 0.6) is 0 Å². The van der Waals surface area contributed by atoms with Crippen LogP contribution in [0.2, 0.25) is 0 Å². The summed E-state index contributed by atoms with van der Waals surface area (Å²) in [4.78, 5) is 4.09. The second-order valence-corrected chi connectivity index (χ2v) is 3.76. The summed E-state index contributed by atoms with van der Waals surface area (Å²) in [6.45, 7) is 1.87. The molecule has 0 saturated carbocycles. The minimum absolute atomic E-state index is 0.00903. The molecular weight excluding hydrogens is 206 g/mol. The number of nitrogens with one attached hydrogen (secondary N) is 1. The van der Waals surface area contributed by atoms with Crippen molar-refractivity contribution in [3.05, 3.63) is 24.0 Å². The van der Waals surface area contributed by atoms with Crippen LogP contribution >= 0.6 is 0 Å². The summed E-state index contributed by atoms with van der Waals surface area (Å²) >= 11 is 0. The van der Waals surface area contributed by atoms with Gasteiger partial charge in [-0.05, 0) is 13.1 Å². The summed E-state index contributed by atoms with van der Waals surface area (Å²) in [5.41, 5.74) is 7.61. The highest BCUT2D eigenvalue weighted by Crippen LogP contribution is 2.24. The number of likely N-dealkylation sites (N-methyl/N-ethyl adjacent to an activating group) is 1. The monoisotopic (exact) mass is 223 g/mol. The molecule has 1 aliphatic heterocycles. The lowest BCUT2D eigenvalue weighted by Gasteiger charge is -2.30. The molecule has 1 aliphatic rings. The Morgan fingerprint density at radius 1 is 1.56 bits per heavy atom. The Kier molecular flexibility index (Phi) is 3.71. The summed E-state index contributed by atoms with van der Waals surface area (Å²) < 4.78 is 11.1. The van der Waals surface area contributed by atoms with Crippen LogP contribution < -0.4 is 11.1 Å². The largest absolute Gasteiger partial charge is 0.398 e. The van der Waals surface area contributed by atoms with Crippen LogP contribution in [0.15, 0.2) is 18.5 Å². The predicted octanol–water partition coefficient (Wildman–Crippen LogP) is 0.340. The maximum atomic E-state index is 5.93. The van der Waals surface area contributed by atoms with E-state index in [4.69, 9.17) is 15.2 Å². The first-order chi connectivity index (χ1) is 7.83. The van der Waals surface area contributed by atoms with Crippen molar-refractivity contribution in [3.8, 4) is 0 Å². The van der Waals surface area contributed by atoms with E-state index in [1.807, 2.05) is 7.05 Å². The molecule has 3 N–H and O–H groups in total. The Bertz CT molecular complexity index is 340. The lowest BCUT2D eigenvalue weighted by molar-refractivity contribution is -0.101. The van der Waals surface area contributed by atoms with E-state index in [2.05, 4.69) is 10.3 Å². The van der Waals surface area contributed by atoms with Gasteiger partial charge in [-0.1, -0.05) is 0 Å². The number of rotatable bonds is 3. The zero-order valence-corrected chi connectivity index (χ0v) is 9.35. The number of pyridine rings is 1. The predicted molar refractivity (Wildman–Crippen MR) is 61.0 cm³/mol. The lowest BCUT2D eigenvalue weighted by atomic mass is 10.0. The molecule has 5 nitrogen and oxygen atoms in total. The third-order valence-corrected chi connectivity index (χ3v) is 2.75. The molecule has 2 atom stereocenters. The van der Waals surface area contributed by atoms with Gasteiger partial charge in [0.25, 0.3) is 0 Å². The van der Waals surface area contributed by atoms with Gasteiger partial charge < -0.3 is 20.5 Å². The van der Waals surface area contributed by atoms with Crippen molar-refractivity contribution >= 4 is 5.69 Å². The van der Waals surface area contributed by atoms with Crippen molar-refractivity contribution < 1.29 is 9.47 Å². The summed E-state index contributed by atoms with van der Waals surface area (Å²) in [5, 5.41) is 3.20. The van der Waals surface area contributed by atoms with Gasteiger partial charge >= 0.3 is 0 Å². The zero-order valence-electron chi connectivity index (χ0n) is 9.35. The topological polar surface area (TPSA) is 69.4 Å². The molecule has 0 spiro atoms. The third kappa shape index (κ3) is 2.32. The Morgan fingerprint density at radius 3 is 3.06 bits per heavy atom. The van der Waals surface area contributed by atoms with Crippen LogP contribution in [0.25, 0.3) is 0 Å². The van der Waals surface area contributed by atoms with E-state index >= 15 is 0 Å². The highest BCUT2D eigenvalue weighted by atomic mass is 16.6. The van der Waals surface area contributed by atoms with Crippen LogP contribution in [-0.2, 0) is 9.47 Å². The Labute approximate surface area is 95.0 Å². The zero-order chi connectivity index (χ0) is 11.4. The van der Waals surface area contributed by atoms with Gasteiger partial charge in [-0.15, -0.1) is 0 Å². The molecule has 5 heteroatoms. The summed E-state index contributed by atoms with van der Waals surface area (Å²) in [5.74, 6) is 0. The number of hydrogen-bond donors (Lipinski definition) is 2. The number of anilines is 1. The fourth-order valence-corrected chi connectivity index (χ4v) is 1.92. The van der Waals surface area contributed by atoms with E-state index in [1.54, 1.807) is 18.5 Å². The molecule has 1 aromatic rings. The van der Waals surface area contributed by atoms with Crippen molar-refractivity contribution in [1.29, 1.82) is 0 Å². The molecule has 2 heterocycles. The van der Waals surface area contributed by atoms with Gasteiger partial charge in [0.1, 0.15) is 6.10 Å². The van der Waals surface area contributed by atoms with E-state index in [1.165, 1.54) is 0 Å². The first-order valence-corrected chi connectivity index (χ1v) is 5.39. The molecule has 0 aliphatic carbocycles. The minimum Gasteiger partial charge on any atom is -0.398 e. The van der Waals surface area contributed by atoms with Crippen LogP contribution in [0, 0.1) is 0 Å². The Morgan fingerprint density at radius 2 is 2.44 bits per heavy atom. The molecular formula is C11H17N3O2. The first kappa shape index (κ1) is 11.3. The first-order valence-electron chi connectivity index (χ1n) is 5.39. The maximum absolute atomic E-state index is 5.93. The van der Waals surface area contributed by atoms with Crippen LogP contribution in [0.3, 0.4) is 0 Å². The van der Waals surface area contributed by atoms with Crippen molar-refractivity contribution in [1.82, 2.24) is 10.3 Å². The summed E-state index contributed by atoms with van der Waals surface area (Å²) in [6, 6.07) is 1.82. The molecule has 0 amide bonds. The van der Waals surface area contributed by atoms with E-state index in [-0.39, 0.29) is 12.1 Å². The molecule has 88 valence electrons. The second-order valence-electron chi connectivity index (χ2n) is 3.76. The Hall–Kier alpha value is -1.17. The van der Waals surface area contributed by atoms with Crippen molar-refractivity contribution in [3.63, 3.8) is 0 Å². The van der Waals surface area contributed by atoms with E-state index in [0.29, 0.717) is 19.8 Å². The molecule has 0 aromatic carbocycles. The molecule has 0 radical (unpaired) electrons. The third-order valence-electron chi connectivity index (χ3n) is 2.75. The number of nitrogens with zero attached hydrogens (tertiary/aromatic N) is 1. The van der Waals surface area contributed by atoms with Crippen molar-refractivity contribution in [2.45, 2.75) is 12.1 Å². The SMILES string of the molecule is CNC(c1cnccc1N)C1COCCO1. The number of aromatic nitrogens is 1. The number of ether oxygens (including phenoxy) is 2. The smallest absolute Gasteiger partial charge is 0.100 e. The van der Waals surface area contributed by atoms with Gasteiger partial charge in [0.15, 0.2) is 0 Å². The highest BCUT2D eigenvalue weighted by Gasteiger charge is 2.26. The van der Waals surface area contributed by atoms with Gasteiger partial charge in [-0.25, -0.2) is 0 Å². The number of hydrogen-bond acceptors (Lipinski definition) is 5. The van der Waals surface area contributed by atoms with E-state index in [9.17, 15) is 0 Å². The normalized spacial score (nSPS) is 22.9. The van der Waals surface area contributed by atoms with Crippen molar-refractivity contribution in [2.75, 3.05) is 32.6 Å². The van der Waals surface area contributed by atoms with Gasteiger partial charge in [0.05, 0.1) is 25.9 Å². The van der Waals surface area contributed by atoms with Gasteiger partial charge in [0, 0.05) is 23.6 Å². The number of nitrogens with two attached hydrogens (primary N) is 1. The maximum Gasteiger partial charge on any atom is 0.100 e. The Balaban J connectivity index is 2.18. The van der Waals surface area contributed by atoms with Gasteiger partial charge in [-0.3, -0.25) is 4.98 Å². The summed E-state index contributed by atoms with van der Waals surface area (Å²) in [6.07, 6.45) is 3.45. The average molecular weight is 223 g/mol. The minimum atomic E-state index is -0.00903. The fraction of sp³-hybridized carbons (Fsp3) is 0.545. The number of nitrogen functional groups attached to an aromatic ring is 1. The second kappa shape index (κ2) is 5.25. The molecule has 1 saturated heterocycles. The molecule has 1 aromatic heterocycles. The van der Waals surface area contributed by atoms with Gasteiger partial charge in [0.2, 0.25) is 0 Å². The van der Waals surface area contributed by atoms with Crippen molar-refractivity contribution in [2.24, 2.45) is 0 Å². The molecule has 0 bridgehead atoms. The molecule has 2 rings (SSSR count). The van der Waals surface area contributed by atoms with Crippen LogP contribution in [0.1, 0.15) is 11.6 Å².